The molecule has 6 heteroatoms. The monoisotopic (exact) mass is 291 g/mol. The van der Waals surface area contributed by atoms with Gasteiger partial charge < -0.3 is 15.8 Å². The van der Waals surface area contributed by atoms with E-state index >= 15 is 0 Å². The number of amides is 1. The molecule has 5 nitrogen and oxygen atoms in total. The number of nitrogen functional groups attached to an aromatic ring is 1. The summed E-state index contributed by atoms with van der Waals surface area (Å²) in [7, 11) is 0. The average Bonchev–Trinajstić information content (AvgIpc) is 2.92. The zero-order valence-electron chi connectivity index (χ0n) is 11.5. The second-order valence-corrected chi connectivity index (χ2v) is 6.40. The minimum atomic E-state index is -0.335. The summed E-state index contributed by atoms with van der Waals surface area (Å²) >= 11 is 1.37. The lowest BCUT2D eigenvalue weighted by molar-refractivity contribution is 0.0731. The number of carbonyl (C=O) groups is 1. The molecule has 3 heterocycles. The molecule has 0 aromatic carbocycles. The summed E-state index contributed by atoms with van der Waals surface area (Å²) < 4.78 is 6.47. The van der Waals surface area contributed by atoms with E-state index < -0.39 is 0 Å². The molecule has 20 heavy (non-hydrogen) atoms. The Kier molecular flexibility index (Phi) is 3.14. The summed E-state index contributed by atoms with van der Waals surface area (Å²) in [6, 6.07) is 1.83. The van der Waals surface area contributed by atoms with Gasteiger partial charge in [-0.2, -0.15) is 0 Å². The van der Waals surface area contributed by atoms with Crippen molar-refractivity contribution in [2.24, 2.45) is 0 Å². The quantitative estimate of drug-likeness (QED) is 0.889. The second-order valence-electron chi connectivity index (χ2n) is 5.35. The Morgan fingerprint density at radius 2 is 2.45 bits per heavy atom. The minimum Gasteiger partial charge on any atom is -0.397 e. The third-order valence-corrected chi connectivity index (χ3v) is 5.18. The molecule has 0 radical (unpaired) electrons. The molecule has 0 spiro atoms. The van der Waals surface area contributed by atoms with Gasteiger partial charge in [-0.1, -0.05) is 0 Å². The Bertz CT molecular complexity index is 669. The Hall–Kier alpha value is -1.66. The molecular weight excluding hydrogens is 274 g/mol. The van der Waals surface area contributed by atoms with Crippen LogP contribution in [-0.4, -0.2) is 29.1 Å². The van der Waals surface area contributed by atoms with E-state index in [1.807, 2.05) is 19.9 Å². The first-order valence-corrected chi connectivity index (χ1v) is 7.39. The number of hydrogen-bond donors (Lipinski definition) is 2. The van der Waals surface area contributed by atoms with Crippen molar-refractivity contribution in [3.63, 3.8) is 0 Å². The highest BCUT2D eigenvalue weighted by Gasteiger charge is 2.39. The van der Waals surface area contributed by atoms with Crippen molar-refractivity contribution >= 4 is 33.0 Å². The number of nitrogens with zero attached hydrogens (tertiary/aromatic N) is 1. The van der Waals surface area contributed by atoms with E-state index in [0.717, 1.165) is 16.5 Å². The average molecular weight is 291 g/mol. The predicted molar refractivity (Wildman–Crippen MR) is 79.9 cm³/mol. The number of carbonyl (C=O) groups excluding carboxylic acids is 1. The van der Waals surface area contributed by atoms with E-state index in [2.05, 4.69) is 10.3 Å². The zero-order chi connectivity index (χ0) is 14.3. The van der Waals surface area contributed by atoms with Gasteiger partial charge in [0.25, 0.3) is 5.91 Å². The molecule has 3 rings (SSSR count). The maximum atomic E-state index is 12.5. The number of ether oxygens (including phenoxy) is 1. The van der Waals surface area contributed by atoms with Crippen LogP contribution < -0.4 is 11.1 Å². The normalized spacial score (nSPS) is 26.0. The number of pyridine rings is 1. The van der Waals surface area contributed by atoms with Crippen LogP contribution in [0.25, 0.3) is 10.1 Å². The van der Waals surface area contributed by atoms with Crippen molar-refractivity contribution in [2.75, 3.05) is 12.3 Å². The van der Waals surface area contributed by atoms with Gasteiger partial charge >= 0.3 is 0 Å². The Morgan fingerprint density at radius 3 is 3.10 bits per heavy atom. The van der Waals surface area contributed by atoms with Crippen LogP contribution in [0.3, 0.4) is 0 Å². The third kappa shape index (κ3) is 2.05. The smallest absolute Gasteiger partial charge is 0.264 e. The molecule has 0 bridgehead atoms. The van der Waals surface area contributed by atoms with Crippen molar-refractivity contribution in [3.05, 3.63) is 23.3 Å². The van der Waals surface area contributed by atoms with E-state index in [1.165, 1.54) is 11.3 Å². The lowest BCUT2D eigenvalue weighted by Gasteiger charge is -2.28. The van der Waals surface area contributed by atoms with Crippen LogP contribution in [-0.2, 0) is 4.74 Å². The lowest BCUT2D eigenvalue weighted by atomic mass is 9.94. The molecule has 1 fully saturated rings. The number of thiophene rings is 1. The van der Waals surface area contributed by atoms with Gasteiger partial charge in [-0.05, 0) is 26.3 Å². The fourth-order valence-electron chi connectivity index (χ4n) is 2.45. The van der Waals surface area contributed by atoms with Crippen molar-refractivity contribution in [1.29, 1.82) is 0 Å². The first-order valence-electron chi connectivity index (χ1n) is 6.57. The van der Waals surface area contributed by atoms with Gasteiger partial charge in [-0.15, -0.1) is 11.3 Å². The lowest BCUT2D eigenvalue weighted by Crippen LogP contribution is -2.50. The van der Waals surface area contributed by atoms with Crippen LogP contribution in [0.5, 0.6) is 0 Å². The maximum absolute atomic E-state index is 12.5. The van der Waals surface area contributed by atoms with Crippen molar-refractivity contribution in [1.82, 2.24) is 10.3 Å². The first-order chi connectivity index (χ1) is 9.51. The van der Waals surface area contributed by atoms with Gasteiger partial charge in [0.05, 0.1) is 22.0 Å². The van der Waals surface area contributed by atoms with Crippen molar-refractivity contribution in [2.45, 2.75) is 31.9 Å². The Labute approximate surface area is 121 Å². The summed E-state index contributed by atoms with van der Waals surface area (Å²) in [5.41, 5.74) is 6.27. The molecule has 1 aliphatic rings. The molecule has 1 amide bonds. The Balaban J connectivity index is 1.91. The number of fused-ring (bicyclic) bond motifs is 1. The summed E-state index contributed by atoms with van der Waals surface area (Å²) in [5, 5.41) is 3.95. The number of aromatic nitrogens is 1. The molecule has 1 aliphatic heterocycles. The highest BCUT2D eigenvalue weighted by atomic mass is 32.1. The van der Waals surface area contributed by atoms with E-state index in [-0.39, 0.29) is 17.6 Å². The molecule has 1 saturated heterocycles. The minimum absolute atomic E-state index is 0.00344. The number of nitrogens with two attached hydrogens (primary N) is 1. The summed E-state index contributed by atoms with van der Waals surface area (Å²) in [4.78, 5) is 17.1. The molecule has 2 atom stereocenters. The summed E-state index contributed by atoms with van der Waals surface area (Å²) in [6.07, 6.45) is 4.23. The largest absolute Gasteiger partial charge is 0.397 e. The zero-order valence-corrected chi connectivity index (χ0v) is 12.3. The highest BCUT2D eigenvalue weighted by molar-refractivity contribution is 7.21. The van der Waals surface area contributed by atoms with E-state index in [0.29, 0.717) is 17.2 Å². The summed E-state index contributed by atoms with van der Waals surface area (Å²) in [6.45, 7) is 4.66. The van der Waals surface area contributed by atoms with E-state index in [4.69, 9.17) is 10.5 Å². The van der Waals surface area contributed by atoms with Gasteiger partial charge in [0.1, 0.15) is 4.88 Å². The van der Waals surface area contributed by atoms with Gasteiger partial charge in [0.15, 0.2) is 0 Å². The van der Waals surface area contributed by atoms with Crippen LogP contribution in [0, 0.1) is 0 Å². The van der Waals surface area contributed by atoms with E-state index in [9.17, 15) is 4.79 Å². The van der Waals surface area contributed by atoms with Gasteiger partial charge in [0.2, 0.25) is 0 Å². The number of hydrogen-bond acceptors (Lipinski definition) is 5. The topological polar surface area (TPSA) is 77.2 Å². The molecule has 0 aliphatic carbocycles. The van der Waals surface area contributed by atoms with Crippen molar-refractivity contribution in [3.8, 4) is 0 Å². The van der Waals surface area contributed by atoms with Crippen LogP contribution in [0.1, 0.15) is 29.9 Å². The first kappa shape index (κ1) is 13.3. The van der Waals surface area contributed by atoms with Gasteiger partial charge in [-0.3, -0.25) is 9.78 Å². The fraction of sp³-hybridized carbons (Fsp3) is 0.429. The maximum Gasteiger partial charge on any atom is 0.264 e. The highest BCUT2D eigenvalue weighted by Crippen LogP contribution is 2.34. The molecule has 2 aromatic rings. The Morgan fingerprint density at radius 1 is 1.65 bits per heavy atom. The number of anilines is 1. The number of nitrogens with one attached hydrogen (secondary N) is 1. The fourth-order valence-corrected chi connectivity index (χ4v) is 3.44. The van der Waals surface area contributed by atoms with Gasteiger partial charge in [0, 0.05) is 24.4 Å². The molecule has 2 aromatic heterocycles. The second kappa shape index (κ2) is 4.71. The van der Waals surface area contributed by atoms with Crippen LogP contribution in [0.15, 0.2) is 18.5 Å². The van der Waals surface area contributed by atoms with E-state index in [1.54, 1.807) is 12.4 Å². The standard InChI is InChI=1S/C14H17N3O2S/c1-8-14(2,4-6-19-8)17-13(18)12-11(15)9-3-5-16-7-10(9)20-12/h3,5,7-8H,4,6,15H2,1-2H3,(H,17,18). The predicted octanol–water partition coefficient (Wildman–Crippen LogP) is 2.18. The molecule has 3 N–H and O–H groups in total. The molecular formula is C14H17N3O2S. The van der Waals surface area contributed by atoms with Crippen LogP contribution >= 0.6 is 11.3 Å². The number of rotatable bonds is 2. The molecule has 0 saturated carbocycles. The molecule has 2 unspecified atom stereocenters. The molecule has 106 valence electrons. The third-order valence-electron chi connectivity index (χ3n) is 4.02. The SMILES string of the molecule is CC1OCCC1(C)NC(=O)c1sc2cnccc2c1N. The summed E-state index contributed by atoms with van der Waals surface area (Å²) in [5.74, 6) is -0.136. The van der Waals surface area contributed by atoms with Crippen LogP contribution in [0.4, 0.5) is 5.69 Å². The van der Waals surface area contributed by atoms with Crippen LogP contribution in [0.2, 0.25) is 0 Å². The van der Waals surface area contributed by atoms with Gasteiger partial charge in [-0.25, -0.2) is 0 Å². The van der Waals surface area contributed by atoms with Crippen molar-refractivity contribution < 1.29 is 9.53 Å².